The van der Waals surface area contributed by atoms with Gasteiger partial charge in [-0.05, 0) is 26.7 Å². The first kappa shape index (κ1) is 15.5. The molecule has 1 aliphatic heterocycles. The fourth-order valence-corrected chi connectivity index (χ4v) is 2.39. The molecule has 116 valence electrons. The predicted octanol–water partition coefficient (Wildman–Crippen LogP) is 0.625. The van der Waals surface area contributed by atoms with Crippen LogP contribution in [0.3, 0.4) is 0 Å². The number of carbonyl (C=O) groups excluding carboxylic acids is 1. The van der Waals surface area contributed by atoms with Crippen LogP contribution in [0, 0.1) is 0 Å². The maximum absolute atomic E-state index is 10.9. The number of nitrogens with zero attached hydrogens (tertiary/aromatic N) is 3. The number of aromatic nitrogens is 2. The Morgan fingerprint density at radius 2 is 2.19 bits per heavy atom. The average molecular weight is 293 g/mol. The smallest absolute Gasteiger partial charge is 0.231 e. The van der Waals surface area contributed by atoms with E-state index in [2.05, 4.69) is 20.2 Å². The summed E-state index contributed by atoms with van der Waals surface area (Å²) < 4.78 is 5.55. The molecule has 0 spiro atoms. The Morgan fingerprint density at radius 3 is 2.81 bits per heavy atom. The Kier molecular flexibility index (Phi) is 5.32. The van der Waals surface area contributed by atoms with Crippen LogP contribution in [0.15, 0.2) is 12.4 Å². The number of rotatable bonds is 6. The molecule has 0 aliphatic carbocycles. The molecule has 7 nitrogen and oxygen atoms in total. The van der Waals surface area contributed by atoms with Gasteiger partial charge in [-0.1, -0.05) is 0 Å². The molecule has 0 atom stereocenters. The van der Waals surface area contributed by atoms with Crippen molar-refractivity contribution in [3.05, 3.63) is 12.4 Å². The van der Waals surface area contributed by atoms with Gasteiger partial charge in [-0.25, -0.2) is 9.97 Å². The van der Waals surface area contributed by atoms with Crippen LogP contribution in [0.25, 0.3) is 0 Å². The molecule has 0 saturated carbocycles. The van der Waals surface area contributed by atoms with Crippen LogP contribution in [-0.4, -0.2) is 52.6 Å². The van der Waals surface area contributed by atoms with Crippen molar-refractivity contribution in [1.82, 2.24) is 14.9 Å². The molecule has 0 unspecified atom stereocenters. The quantitative estimate of drug-likeness (QED) is 0.799. The highest BCUT2D eigenvalue weighted by atomic mass is 16.5. The summed E-state index contributed by atoms with van der Waals surface area (Å²) in [4.78, 5) is 21.3. The van der Waals surface area contributed by atoms with E-state index in [1.54, 1.807) is 0 Å². The van der Waals surface area contributed by atoms with Gasteiger partial charge in [0.15, 0.2) is 0 Å². The number of carbonyl (C=O) groups is 1. The second-order valence-electron chi connectivity index (χ2n) is 5.57. The van der Waals surface area contributed by atoms with Crippen molar-refractivity contribution in [3.63, 3.8) is 0 Å². The third-order valence-electron chi connectivity index (χ3n) is 3.32. The van der Waals surface area contributed by atoms with Gasteiger partial charge in [-0.3, -0.25) is 9.69 Å². The largest absolute Gasteiger partial charge is 0.475 e. The first-order valence-electron chi connectivity index (χ1n) is 7.29. The van der Waals surface area contributed by atoms with Crippen molar-refractivity contribution in [1.29, 1.82) is 0 Å². The molecule has 7 heteroatoms. The number of hydrogen-bond acceptors (Lipinski definition) is 6. The van der Waals surface area contributed by atoms with Crippen molar-refractivity contribution in [2.75, 3.05) is 25.0 Å². The standard InChI is InChI=1S/C14H23N5O2/c1-10(2)21-14-7-13(16-9-17-14)18-11-3-5-19(6-4-11)8-12(15)20/h7,9-11H,3-6,8H2,1-2H3,(H2,15,20)(H,16,17,18). The van der Waals surface area contributed by atoms with Crippen molar-refractivity contribution in [2.45, 2.75) is 38.8 Å². The second kappa shape index (κ2) is 7.21. The normalized spacial score (nSPS) is 16.9. The molecule has 1 saturated heterocycles. The molecule has 1 fully saturated rings. The topological polar surface area (TPSA) is 93.4 Å². The van der Waals surface area contributed by atoms with Crippen molar-refractivity contribution in [2.24, 2.45) is 5.73 Å². The van der Waals surface area contributed by atoms with E-state index in [-0.39, 0.29) is 12.0 Å². The van der Waals surface area contributed by atoms with Crippen molar-refractivity contribution in [3.8, 4) is 5.88 Å². The minimum absolute atomic E-state index is 0.0878. The van der Waals surface area contributed by atoms with E-state index in [0.717, 1.165) is 31.7 Å². The van der Waals surface area contributed by atoms with Crippen LogP contribution in [0.1, 0.15) is 26.7 Å². The van der Waals surface area contributed by atoms with Crippen LogP contribution in [0.2, 0.25) is 0 Å². The Balaban J connectivity index is 1.84. The number of nitrogens with two attached hydrogens (primary N) is 1. The highest BCUT2D eigenvalue weighted by Crippen LogP contribution is 2.17. The van der Waals surface area contributed by atoms with Gasteiger partial charge in [0, 0.05) is 25.2 Å². The monoisotopic (exact) mass is 293 g/mol. The Hall–Kier alpha value is -1.89. The predicted molar refractivity (Wildman–Crippen MR) is 80.1 cm³/mol. The number of likely N-dealkylation sites (tertiary alicyclic amines) is 1. The number of ether oxygens (including phenoxy) is 1. The fraction of sp³-hybridized carbons (Fsp3) is 0.643. The number of primary amides is 1. The third kappa shape index (κ3) is 5.18. The molecular formula is C14H23N5O2. The van der Waals surface area contributed by atoms with E-state index < -0.39 is 0 Å². The summed E-state index contributed by atoms with van der Waals surface area (Å²) >= 11 is 0. The van der Waals surface area contributed by atoms with Gasteiger partial charge in [0.2, 0.25) is 11.8 Å². The lowest BCUT2D eigenvalue weighted by atomic mass is 10.1. The molecular weight excluding hydrogens is 270 g/mol. The van der Waals surface area contributed by atoms with Gasteiger partial charge in [0.05, 0.1) is 12.6 Å². The van der Waals surface area contributed by atoms with E-state index >= 15 is 0 Å². The fourth-order valence-electron chi connectivity index (χ4n) is 2.39. The van der Waals surface area contributed by atoms with Crippen LogP contribution in [0.4, 0.5) is 5.82 Å². The minimum atomic E-state index is -0.271. The molecule has 1 amide bonds. The van der Waals surface area contributed by atoms with Crippen molar-refractivity contribution < 1.29 is 9.53 Å². The number of hydrogen-bond donors (Lipinski definition) is 2. The number of anilines is 1. The molecule has 21 heavy (non-hydrogen) atoms. The summed E-state index contributed by atoms with van der Waals surface area (Å²) in [5, 5.41) is 3.39. The molecule has 0 bridgehead atoms. The Bertz CT molecular complexity index is 472. The molecule has 1 aliphatic rings. The van der Waals surface area contributed by atoms with Gasteiger partial charge >= 0.3 is 0 Å². The van der Waals surface area contributed by atoms with E-state index in [9.17, 15) is 4.79 Å². The molecule has 3 N–H and O–H groups in total. The zero-order chi connectivity index (χ0) is 15.2. The first-order valence-corrected chi connectivity index (χ1v) is 7.29. The molecule has 1 aromatic heterocycles. The van der Waals surface area contributed by atoms with Gasteiger partial charge in [-0.2, -0.15) is 0 Å². The van der Waals surface area contributed by atoms with Crippen LogP contribution >= 0.6 is 0 Å². The Labute approximate surface area is 124 Å². The summed E-state index contributed by atoms with van der Waals surface area (Å²) in [6, 6.07) is 2.16. The molecule has 1 aromatic rings. The van der Waals surface area contributed by atoms with E-state index in [0.29, 0.717) is 18.5 Å². The van der Waals surface area contributed by atoms with E-state index in [1.165, 1.54) is 6.33 Å². The first-order chi connectivity index (χ1) is 10.0. The average Bonchev–Trinajstić information content (AvgIpc) is 2.40. The zero-order valence-corrected chi connectivity index (χ0v) is 12.6. The van der Waals surface area contributed by atoms with Gasteiger partial charge in [0.1, 0.15) is 12.1 Å². The number of piperidine rings is 1. The molecule has 0 aromatic carbocycles. The maximum Gasteiger partial charge on any atom is 0.231 e. The summed E-state index contributed by atoms with van der Waals surface area (Å²) in [5.41, 5.74) is 5.21. The Morgan fingerprint density at radius 1 is 1.48 bits per heavy atom. The molecule has 0 radical (unpaired) electrons. The number of amides is 1. The highest BCUT2D eigenvalue weighted by molar-refractivity contribution is 5.75. The SMILES string of the molecule is CC(C)Oc1cc(NC2CCN(CC(N)=O)CC2)ncn1. The second-order valence-corrected chi connectivity index (χ2v) is 5.57. The van der Waals surface area contributed by atoms with Gasteiger partial charge < -0.3 is 15.8 Å². The van der Waals surface area contributed by atoms with Crippen LogP contribution in [0.5, 0.6) is 5.88 Å². The van der Waals surface area contributed by atoms with Gasteiger partial charge in [-0.15, -0.1) is 0 Å². The number of nitrogens with one attached hydrogen (secondary N) is 1. The molecule has 2 heterocycles. The van der Waals surface area contributed by atoms with Crippen LogP contribution in [-0.2, 0) is 4.79 Å². The maximum atomic E-state index is 10.9. The highest BCUT2D eigenvalue weighted by Gasteiger charge is 2.20. The zero-order valence-electron chi connectivity index (χ0n) is 12.6. The lowest BCUT2D eigenvalue weighted by molar-refractivity contribution is -0.119. The summed E-state index contributed by atoms with van der Waals surface area (Å²) in [6.07, 6.45) is 3.50. The van der Waals surface area contributed by atoms with Crippen molar-refractivity contribution >= 4 is 11.7 Å². The van der Waals surface area contributed by atoms with E-state index in [1.807, 2.05) is 19.9 Å². The van der Waals surface area contributed by atoms with Crippen LogP contribution < -0.4 is 15.8 Å². The summed E-state index contributed by atoms with van der Waals surface area (Å²) in [7, 11) is 0. The summed E-state index contributed by atoms with van der Waals surface area (Å²) in [6.45, 7) is 5.99. The summed E-state index contributed by atoms with van der Waals surface area (Å²) in [5.74, 6) is 1.08. The lowest BCUT2D eigenvalue weighted by Crippen LogP contribution is -2.43. The molecule has 2 rings (SSSR count). The van der Waals surface area contributed by atoms with Gasteiger partial charge in [0.25, 0.3) is 0 Å². The lowest BCUT2D eigenvalue weighted by Gasteiger charge is -2.31. The third-order valence-corrected chi connectivity index (χ3v) is 3.32. The minimum Gasteiger partial charge on any atom is -0.475 e. The van der Waals surface area contributed by atoms with E-state index in [4.69, 9.17) is 10.5 Å².